The molecule has 2 unspecified atom stereocenters. The van der Waals surface area contributed by atoms with Crippen LogP contribution in [0.25, 0.3) is 32.2 Å². The van der Waals surface area contributed by atoms with E-state index >= 15 is 4.39 Å². The van der Waals surface area contributed by atoms with Crippen LogP contribution >= 0.6 is 11.3 Å². The highest BCUT2D eigenvalue weighted by Gasteiger charge is 2.47. The SMILES string of the molecule is N#Cc1c(N)sc2c(F)c(F)cc(-c3ncc4c(N5CC6CCC(C5)N6)nc(OCC5(CN6CCC(F)(F)CC6)CC5)nc4c3F)c12. The maximum absolute atomic E-state index is 16.7. The number of halogens is 5. The van der Waals surface area contributed by atoms with Gasteiger partial charge in [0.1, 0.15) is 28.1 Å². The van der Waals surface area contributed by atoms with Gasteiger partial charge in [0.25, 0.3) is 5.92 Å². The van der Waals surface area contributed by atoms with Gasteiger partial charge in [-0.25, -0.2) is 22.0 Å². The first kappa shape index (κ1) is 30.5. The van der Waals surface area contributed by atoms with E-state index in [9.17, 15) is 22.8 Å². The van der Waals surface area contributed by atoms with E-state index in [0.717, 1.165) is 31.7 Å². The minimum Gasteiger partial charge on any atom is -0.463 e. The van der Waals surface area contributed by atoms with E-state index in [0.29, 0.717) is 55.3 Å². The van der Waals surface area contributed by atoms with Crippen LogP contribution in [0, 0.1) is 34.2 Å². The van der Waals surface area contributed by atoms with E-state index in [1.165, 1.54) is 6.20 Å². The number of nitriles is 1. The predicted octanol–water partition coefficient (Wildman–Crippen LogP) is 5.61. The topological polar surface area (TPSA) is 116 Å². The average Bonchev–Trinajstić information content (AvgIpc) is 3.62. The molecule has 1 aliphatic carbocycles. The summed E-state index contributed by atoms with van der Waals surface area (Å²) in [5.41, 5.74) is 5.11. The first-order chi connectivity index (χ1) is 22.5. The van der Waals surface area contributed by atoms with Crippen LogP contribution in [0.5, 0.6) is 6.01 Å². The van der Waals surface area contributed by atoms with Gasteiger partial charge in [-0.05, 0) is 31.7 Å². The summed E-state index contributed by atoms with van der Waals surface area (Å²) in [7, 11) is 0. The summed E-state index contributed by atoms with van der Waals surface area (Å²) in [6, 6.07) is 3.20. The van der Waals surface area contributed by atoms with Crippen molar-refractivity contribution in [2.75, 3.05) is 50.0 Å². The highest BCUT2D eigenvalue weighted by atomic mass is 32.1. The number of alkyl halides is 2. The Hall–Kier alpha value is -3.87. The van der Waals surface area contributed by atoms with E-state index in [1.54, 1.807) is 0 Å². The number of fused-ring (bicyclic) bond motifs is 4. The Bertz CT molecular complexity index is 1940. The number of aromatic nitrogens is 3. The summed E-state index contributed by atoms with van der Waals surface area (Å²) in [4.78, 5) is 17.7. The zero-order valence-corrected chi connectivity index (χ0v) is 26.1. The number of pyridine rings is 1. The van der Waals surface area contributed by atoms with Gasteiger partial charge in [0.05, 0.1) is 22.3 Å². The Morgan fingerprint density at radius 3 is 2.47 bits per heavy atom. The van der Waals surface area contributed by atoms with Crippen LogP contribution in [0.4, 0.5) is 32.8 Å². The summed E-state index contributed by atoms with van der Waals surface area (Å²) < 4.78 is 79.7. The summed E-state index contributed by atoms with van der Waals surface area (Å²) in [6.45, 7) is 2.76. The number of piperidine rings is 1. The third-order valence-electron chi connectivity index (χ3n) is 10.0. The Morgan fingerprint density at radius 2 is 1.79 bits per heavy atom. The fraction of sp³-hybridized carbons (Fsp3) is 0.500. The molecular weight excluding hydrogens is 639 g/mol. The molecule has 246 valence electrons. The van der Waals surface area contributed by atoms with Gasteiger partial charge in [-0.15, -0.1) is 11.3 Å². The second kappa shape index (κ2) is 11.1. The first-order valence-corrected chi connectivity index (χ1v) is 16.6. The quantitative estimate of drug-likeness (QED) is 0.242. The average molecular weight is 671 g/mol. The fourth-order valence-electron chi connectivity index (χ4n) is 7.27. The number of hydrogen-bond donors (Lipinski definition) is 2. The third-order valence-corrected chi connectivity index (χ3v) is 11.0. The molecule has 1 saturated carbocycles. The number of nitrogens with one attached hydrogen (secondary N) is 1. The maximum atomic E-state index is 16.7. The minimum atomic E-state index is -2.63. The van der Waals surface area contributed by atoms with Crippen molar-refractivity contribution in [2.24, 2.45) is 5.41 Å². The molecule has 0 radical (unpaired) electrons. The Balaban J connectivity index is 1.19. The van der Waals surface area contributed by atoms with Crippen molar-refractivity contribution >= 4 is 43.1 Å². The van der Waals surface area contributed by atoms with Crippen molar-refractivity contribution in [2.45, 2.75) is 56.5 Å². The molecule has 4 aromatic rings. The van der Waals surface area contributed by atoms with Crippen molar-refractivity contribution < 1.29 is 26.7 Å². The second-order valence-electron chi connectivity index (χ2n) is 13.4. The number of piperazine rings is 1. The molecule has 8 rings (SSSR count). The second-order valence-corrected chi connectivity index (χ2v) is 14.4. The molecule has 0 amide bonds. The highest BCUT2D eigenvalue weighted by molar-refractivity contribution is 7.23. The fourth-order valence-corrected chi connectivity index (χ4v) is 8.24. The molecule has 4 aliphatic rings. The van der Waals surface area contributed by atoms with E-state index < -0.39 is 23.4 Å². The minimum absolute atomic E-state index is 0.0182. The van der Waals surface area contributed by atoms with Crippen LogP contribution in [-0.2, 0) is 0 Å². The van der Waals surface area contributed by atoms with Gasteiger partial charge in [-0.2, -0.15) is 15.2 Å². The number of benzene rings is 1. The lowest BCUT2D eigenvalue weighted by atomic mass is 10.0. The molecule has 3 saturated heterocycles. The standard InChI is InChI=1S/C32H31F5N8OS/c33-21-9-18(22-19(10-38)28(39)47-27(22)23(21)34)25-24(35)26-20(11-40-25)29(45-12-16-1-2-17(13-45)41-16)43-30(42-26)46-15-31(3-4-31)14-44-7-5-32(36,37)6-8-44/h9,11,16-17,41H,1-8,12-15,39H2. The number of nitrogen functional groups attached to an aromatic ring is 1. The predicted molar refractivity (Wildman–Crippen MR) is 167 cm³/mol. The van der Waals surface area contributed by atoms with Crippen molar-refractivity contribution in [3.63, 3.8) is 0 Å². The number of nitrogens with two attached hydrogens (primary N) is 1. The Morgan fingerprint density at radius 1 is 1.06 bits per heavy atom. The van der Waals surface area contributed by atoms with E-state index in [4.69, 9.17) is 15.5 Å². The van der Waals surface area contributed by atoms with Crippen molar-refractivity contribution in [1.29, 1.82) is 5.26 Å². The van der Waals surface area contributed by atoms with Gasteiger partial charge in [0, 0.05) is 80.2 Å². The van der Waals surface area contributed by atoms with Crippen LogP contribution in [0.1, 0.15) is 44.1 Å². The smallest absolute Gasteiger partial charge is 0.319 e. The molecule has 9 nitrogen and oxygen atoms in total. The number of likely N-dealkylation sites (tertiary alicyclic amines) is 1. The van der Waals surface area contributed by atoms with Gasteiger partial charge >= 0.3 is 6.01 Å². The number of ether oxygens (including phenoxy) is 1. The molecule has 15 heteroatoms. The molecule has 3 aromatic heterocycles. The lowest BCUT2D eigenvalue weighted by Crippen LogP contribution is -2.51. The number of anilines is 2. The number of thiophene rings is 1. The van der Waals surface area contributed by atoms with Crippen molar-refractivity contribution in [3.8, 4) is 23.3 Å². The highest BCUT2D eigenvalue weighted by Crippen LogP contribution is 2.48. The van der Waals surface area contributed by atoms with Crippen molar-refractivity contribution in [3.05, 3.63) is 35.3 Å². The summed E-state index contributed by atoms with van der Waals surface area (Å²) >= 11 is 0.711. The third kappa shape index (κ3) is 5.40. The van der Waals surface area contributed by atoms with Gasteiger partial charge < -0.3 is 25.6 Å². The van der Waals surface area contributed by atoms with E-state index in [2.05, 4.69) is 20.2 Å². The lowest BCUT2D eigenvalue weighted by molar-refractivity contribution is -0.0591. The zero-order valence-electron chi connectivity index (χ0n) is 25.3. The van der Waals surface area contributed by atoms with Crippen LogP contribution in [0.15, 0.2) is 12.3 Å². The van der Waals surface area contributed by atoms with Gasteiger partial charge in [0.15, 0.2) is 17.5 Å². The van der Waals surface area contributed by atoms with Gasteiger partial charge in [-0.3, -0.25) is 4.98 Å². The maximum Gasteiger partial charge on any atom is 0.319 e. The van der Waals surface area contributed by atoms with Crippen LogP contribution < -0.4 is 20.7 Å². The summed E-state index contributed by atoms with van der Waals surface area (Å²) in [5.74, 6) is -5.47. The molecule has 1 aromatic carbocycles. The van der Waals surface area contributed by atoms with Gasteiger partial charge in [-0.1, -0.05) is 0 Å². The van der Waals surface area contributed by atoms with Crippen LogP contribution in [0.2, 0.25) is 0 Å². The lowest BCUT2D eigenvalue weighted by Gasteiger charge is -2.34. The molecule has 6 heterocycles. The monoisotopic (exact) mass is 670 g/mol. The Kier molecular flexibility index (Phi) is 7.19. The molecule has 4 fully saturated rings. The number of nitrogens with zero attached hydrogens (tertiary/aromatic N) is 6. The number of rotatable bonds is 7. The first-order valence-electron chi connectivity index (χ1n) is 15.7. The Labute approximate surface area is 270 Å². The van der Waals surface area contributed by atoms with Crippen LogP contribution in [-0.4, -0.2) is 77.2 Å². The van der Waals surface area contributed by atoms with Crippen molar-refractivity contribution in [1.82, 2.24) is 25.2 Å². The molecule has 2 bridgehead atoms. The summed E-state index contributed by atoms with van der Waals surface area (Å²) in [6.07, 6.45) is 4.82. The van der Waals surface area contributed by atoms with E-state index in [1.807, 2.05) is 11.0 Å². The number of hydrogen-bond acceptors (Lipinski definition) is 10. The molecule has 47 heavy (non-hydrogen) atoms. The van der Waals surface area contributed by atoms with Gasteiger partial charge in [0.2, 0.25) is 0 Å². The molecule has 3 aliphatic heterocycles. The molecule has 3 N–H and O–H groups in total. The van der Waals surface area contributed by atoms with Crippen LogP contribution in [0.3, 0.4) is 0 Å². The molecule has 2 atom stereocenters. The molecule has 0 spiro atoms. The normalized spacial score (nSPS) is 23.4. The molecular formula is C32H31F5N8OS. The van der Waals surface area contributed by atoms with E-state index in [-0.39, 0.29) is 80.4 Å². The largest absolute Gasteiger partial charge is 0.463 e. The summed E-state index contributed by atoms with van der Waals surface area (Å²) in [5, 5.41) is 13.6. The zero-order chi connectivity index (χ0) is 32.7.